The summed E-state index contributed by atoms with van der Waals surface area (Å²) in [5, 5.41) is 0. The van der Waals surface area contributed by atoms with Crippen molar-refractivity contribution in [3.05, 3.63) is 26.9 Å². The van der Waals surface area contributed by atoms with Gasteiger partial charge in [-0.3, -0.25) is 0 Å². The van der Waals surface area contributed by atoms with Crippen molar-refractivity contribution in [3.63, 3.8) is 0 Å². The van der Waals surface area contributed by atoms with E-state index in [1.165, 1.54) is 25.7 Å². The van der Waals surface area contributed by atoms with Crippen molar-refractivity contribution in [1.82, 2.24) is 0 Å². The molecule has 0 aromatic rings. The summed E-state index contributed by atoms with van der Waals surface area (Å²) in [5.41, 5.74) is 0. The van der Waals surface area contributed by atoms with E-state index >= 15 is 0 Å². The molecule has 0 spiro atoms. The van der Waals surface area contributed by atoms with Gasteiger partial charge in [0.1, 0.15) is 0 Å². The van der Waals surface area contributed by atoms with Gasteiger partial charge in [-0.15, -0.1) is 0 Å². The smallest absolute Gasteiger partial charge is 1.00 e. The van der Waals surface area contributed by atoms with Gasteiger partial charge in [0.2, 0.25) is 0 Å². The predicted molar refractivity (Wildman–Crippen MR) is 107 cm³/mol. The van der Waals surface area contributed by atoms with Crippen LogP contribution in [0.4, 0.5) is 0 Å². The second-order valence-electron chi connectivity index (χ2n) is 7.24. The van der Waals surface area contributed by atoms with E-state index in [2.05, 4.69) is 66.2 Å². The van der Waals surface area contributed by atoms with Gasteiger partial charge in [-0.25, -0.2) is 0 Å². The summed E-state index contributed by atoms with van der Waals surface area (Å²) >= 11 is 0. The number of halogens is 4. The van der Waals surface area contributed by atoms with E-state index < -0.39 is 16.1 Å². The average molecular weight is 666 g/mol. The Balaban J connectivity index is -0.0000000184. The van der Waals surface area contributed by atoms with Gasteiger partial charge in [0.25, 0.3) is 0 Å². The van der Waals surface area contributed by atoms with E-state index in [1.54, 1.807) is 0 Å². The molecule has 0 saturated heterocycles. The van der Waals surface area contributed by atoms with Crippen molar-refractivity contribution in [2.24, 2.45) is 0 Å². The Hall–Kier alpha value is 3.06. The molecule has 0 nitrogen and oxygen atoms in total. The van der Waals surface area contributed by atoms with Crippen LogP contribution in [0.2, 0.25) is 39.3 Å². The first-order valence-corrected chi connectivity index (χ1v) is 14.6. The van der Waals surface area contributed by atoms with Crippen LogP contribution in [-0.2, 0) is 0 Å². The van der Waals surface area contributed by atoms with Gasteiger partial charge in [-0.1, -0.05) is 65.2 Å². The fraction of sp³-hybridized carbons (Fsp3) is 0.750. The molecule has 0 amide bonds. The molecule has 0 N–H and O–H groups in total. The molecule has 0 aromatic heterocycles. The Morgan fingerprint density at radius 1 is 0.667 bits per heavy atom. The first kappa shape index (κ1) is 56.3. The van der Waals surface area contributed by atoms with E-state index in [4.69, 9.17) is 0 Å². The van der Waals surface area contributed by atoms with Gasteiger partial charge >= 0.3 is 47.8 Å². The molecular formula is C16H38Cl4Si2Sn2. The van der Waals surface area contributed by atoms with Crippen LogP contribution in [0.5, 0.6) is 0 Å². The Kier molecular flexibility index (Phi) is 86.6. The second-order valence-corrected chi connectivity index (χ2v) is 17.5. The maximum Gasteiger partial charge on any atom is 2.00 e. The number of hydrogen-bond acceptors (Lipinski definition) is 0. The summed E-state index contributed by atoms with van der Waals surface area (Å²) in [6, 6.07) is 0. The minimum atomic E-state index is -0.861. The summed E-state index contributed by atoms with van der Waals surface area (Å²) in [5.74, 6) is 0. The van der Waals surface area contributed by atoms with Crippen LogP contribution >= 0.6 is 0 Å². The summed E-state index contributed by atoms with van der Waals surface area (Å²) in [6.45, 7) is 28.6. The van der Waals surface area contributed by atoms with Gasteiger partial charge in [-0.2, -0.15) is 6.42 Å². The van der Waals surface area contributed by atoms with Gasteiger partial charge in [-0.05, 0) is 12.8 Å². The first-order chi connectivity index (χ1) is 7.91. The Bertz CT molecular complexity index is 135. The van der Waals surface area contributed by atoms with Crippen molar-refractivity contribution in [1.29, 1.82) is 0 Å². The third-order valence-electron chi connectivity index (χ3n) is 1.25. The SMILES string of the molecule is [CH2+]CCCCCC[CH2-].[CH2][Si](C)(C)C.[CH2][Si](C)(C)C.[Cl-].[Cl-].[Cl-].[Cl-].[Sn+2].[Sn+2]. The molecule has 0 aromatic carbocycles. The molecule has 8 heteroatoms. The fourth-order valence-corrected chi connectivity index (χ4v) is 0.707. The van der Waals surface area contributed by atoms with E-state index in [-0.39, 0.29) is 97.4 Å². The Morgan fingerprint density at radius 3 is 1.04 bits per heavy atom. The number of unbranched alkanes of at least 4 members (excludes halogenated alkanes) is 5. The minimum Gasteiger partial charge on any atom is -1.00 e. The molecule has 0 saturated carbocycles. The minimum absolute atomic E-state index is 0. The zero-order chi connectivity index (χ0) is 15.2. The van der Waals surface area contributed by atoms with Crippen LogP contribution in [0.25, 0.3) is 0 Å². The zero-order valence-electron chi connectivity index (χ0n) is 16.6. The molecule has 0 aliphatic rings. The standard InChI is InChI=1S/C8H16.2C4H11Si.4ClH.2Sn/c1-3-5-7-8-6-4-2;2*1-5(2,3)4;;;;;;/h1-8H2;2*1H2,2-4H3;4*1H;;/q;;;;;;;2*+2/p-4. The maximum absolute atomic E-state index is 3.91. The van der Waals surface area contributed by atoms with E-state index in [0.29, 0.717) is 0 Å². The molecule has 6 radical (unpaired) electrons. The predicted octanol–water partition coefficient (Wildman–Crippen LogP) is -6.35. The van der Waals surface area contributed by atoms with Crippen molar-refractivity contribution in [3.8, 4) is 0 Å². The van der Waals surface area contributed by atoms with Gasteiger partial charge in [0.15, 0.2) is 0 Å². The molecule has 146 valence electrons. The molecule has 0 aliphatic carbocycles. The maximum atomic E-state index is 3.91. The van der Waals surface area contributed by atoms with Crippen molar-refractivity contribution >= 4 is 64.0 Å². The zero-order valence-corrected chi connectivity index (χ0v) is 27.3. The van der Waals surface area contributed by atoms with E-state index in [9.17, 15) is 0 Å². The first-order valence-electron chi connectivity index (χ1n) is 7.21. The van der Waals surface area contributed by atoms with Crippen molar-refractivity contribution < 1.29 is 49.6 Å². The molecule has 0 bridgehead atoms. The van der Waals surface area contributed by atoms with Crippen molar-refractivity contribution in [2.45, 2.75) is 77.8 Å². The van der Waals surface area contributed by atoms with Crippen LogP contribution < -0.4 is 49.6 Å². The Morgan fingerprint density at radius 2 is 0.875 bits per heavy atom. The Labute approximate surface area is 216 Å². The van der Waals surface area contributed by atoms with Gasteiger partial charge in [0, 0.05) is 16.1 Å². The normalized spacial score (nSPS) is 8.21. The quantitative estimate of drug-likeness (QED) is 0.156. The van der Waals surface area contributed by atoms with E-state index in [1.807, 2.05) is 0 Å². The number of hydrogen-bond donors (Lipinski definition) is 0. The summed E-state index contributed by atoms with van der Waals surface area (Å²) < 4.78 is 0. The summed E-state index contributed by atoms with van der Waals surface area (Å²) in [6.07, 6.45) is 7.46. The third kappa shape index (κ3) is 223. The van der Waals surface area contributed by atoms with Crippen LogP contribution in [0.1, 0.15) is 38.5 Å². The third-order valence-corrected chi connectivity index (χ3v) is 1.25. The molecular weight excluding hydrogens is 628 g/mol. The monoisotopic (exact) mass is 666 g/mol. The molecule has 0 unspecified atom stereocenters. The number of rotatable bonds is 5. The molecule has 0 atom stereocenters. The molecule has 0 heterocycles. The second kappa shape index (κ2) is 36.9. The molecule has 0 aliphatic heterocycles. The van der Waals surface area contributed by atoms with E-state index in [0.717, 1.165) is 12.8 Å². The fourth-order valence-electron chi connectivity index (χ4n) is 0.707. The van der Waals surface area contributed by atoms with Gasteiger partial charge < -0.3 is 56.6 Å². The largest absolute Gasteiger partial charge is 2.00 e. The topological polar surface area (TPSA) is 0 Å². The van der Waals surface area contributed by atoms with Crippen molar-refractivity contribution in [2.75, 3.05) is 0 Å². The van der Waals surface area contributed by atoms with Crippen LogP contribution in [0.3, 0.4) is 0 Å². The molecule has 24 heavy (non-hydrogen) atoms. The van der Waals surface area contributed by atoms with Crippen LogP contribution in [-0.4, -0.2) is 64.0 Å². The molecule has 0 rings (SSSR count). The van der Waals surface area contributed by atoms with Crippen LogP contribution in [0, 0.1) is 26.9 Å². The van der Waals surface area contributed by atoms with Crippen LogP contribution in [0.15, 0.2) is 0 Å². The summed E-state index contributed by atoms with van der Waals surface area (Å²) in [7, 11) is -1.72. The summed E-state index contributed by atoms with van der Waals surface area (Å²) in [4.78, 5) is 0. The average Bonchev–Trinajstić information content (AvgIpc) is 2.07. The molecule has 0 fully saturated rings. The van der Waals surface area contributed by atoms with Gasteiger partial charge in [0.05, 0.1) is 13.3 Å².